The lowest BCUT2D eigenvalue weighted by atomic mass is 10.1. The second kappa shape index (κ2) is 4.98. The predicted molar refractivity (Wildman–Crippen MR) is 62.1 cm³/mol. The molecule has 1 heterocycles. The summed E-state index contributed by atoms with van der Waals surface area (Å²) in [4.78, 5) is 13.5. The number of benzene rings is 1. The van der Waals surface area contributed by atoms with E-state index in [-0.39, 0.29) is 12.0 Å². The Morgan fingerprint density at radius 2 is 2.18 bits per heavy atom. The number of β-amino-alcohol motifs (C(OH)–C–C–N with tert-alkyl or cyclic N) is 1. The highest BCUT2D eigenvalue weighted by Crippen LogP contribution is 2.12. The van der Waals surface area contributed by atoms with Crippen molar-refractivity contribution in [1.82, 2.24) is 4.90 Å². The fraction of sp³-hybridized carbons (Fsp3) is 0.385. The van der Waals surface area contributed by atoms with Gasteiger partial charge in [0.15, 0.2) is 0 Å². The van der Waals surface area contributed by atoms with Crippen molar-refractivity contribution >= 4 is 5.91 Å². The number of nitrogens with zero attached hydrogens (tertiary/aromatic N) is 2. The molecule has 2 rings (SSSR count). The first-order valence-corrected chi connectivity index (χ1v) is 5.64. The Kier molecular flexibility index (Phi) is 3.40. The van der Waals surface area contributed by atoms with Gasteiger partial charge in [-0.15, -0.1) is 0 Å². The second-order valence-corrected chi connectivity index (χ2v) is 4.27. The number of carbonyl (C=O) groups excluding carboxylic acids is 1. The van der Waals surface area contributed by atoms with Gasteiger partial charge in [0.05, 0.1) is 24.2 Å². The third-order valence-electron chi connectivity index (χ3n) is 2.95. The lowest BCUT2D eigenvalue weighted by Crippen LogP contribution is -2.30. The first-order chi connectivity index (χ1) is 8.19. The number of hydrogen-bond acceptors (Lipinski definition) is 3. The van der Waals surface area contributed by atoms with E-state index in [4.69, 9.17) is 5.26 Å². The highest BCUT2D eigenvalue weighted by atomic mass is 16.3. The van der Waals surface area contributed by atoms with Crippen LogP contribution in [0.25, 0.3) is 0 Å². The number of rotatable bonds is 2. The molecule has 0 saturated carbocycles. The smallest absolute Gasteiger partial charge is 0.227 e. The topological polar surface area (TPSA) is 64.3 Å². The zero-order chi connectivity index (χ0) is 12.3. The number of nitriles is 1. The summed E-state index contributed by atoms with van der Waals surface area (Å²) in [6.07, 6.45) is 0.622. The molecule has 1 aliphatic rings. The molecule has 1 fully saturated rings. The Labute approximate surface area is 100 Å². The molecule has 88 valence electrons. The van der Waals surface area contributed by atoms with E-state index in [0.29, 0.717) is 31.5 Å². The number of carbonyl (C=O) groups is 1. The molecule has 1 aliphatic heterocycles. The zero-order valence-electron chi connectivity index (χ0n) is 9.47. The van der Waals surface area contributed by atoms with Gasteiger partial charge in [0.25, 0.3) is 0 Å². The summed E-state index contributed by atoms with van der Waals surface area (Å²) in [6, 6.07) is 9.05. The van der Waals surface area contributed by atoms with Gasteiger partial charge in [-0.2, -0.15) is 5.26 Å². The molecule has 1 N–H and O–H groups in total. The SMILES string of the molecule is N#Cc1ccc(CC(=O)N2CC[C@@H](O)C2)cc1. The molecule has 0 aromatic heterocycles. The van der Waals surface area contributed by atoms with Crippen molar-refractivity contribution in [2.75, 3.05) is 13.1 Å². The Bertz CT molecular complexity index is 447. The van der Waals surface area contributed by atoms with E-state index in [1.54, 1.807) is 29.2 Å². The van der Waals surface area contributed by atoms with Crippen LogP contribution in [0.2, 0.25) is 0 Å². The molecule has 0 radical (unpaired) electrons. The molecule has 0 bridgehead atoms. The van der Waals surface area contributed by atoms with Gasteiger partial charge in [-0.1, -0.05) is 12.1 Å². The lowest BCUT2D eigenvalue weighted by molar-refractivity contribution is -0.129. The number of hydrogen-bond donors (Lipinski definition) is 1. The lowest BCUT2D eigenvalue weighted by Gasteiger charge is -2.15. The van der Waals surface area contributed by atoms with Gasteiger partial charge in [-0.25, -0.2) is 0 Å². The quantitative estimate of drug-likeness (QED) is 0.813. The van der Waals surface area contributed by atoms with Crippen molar-refractivity contribution in [3.8, 4) is 6.07 Å². The normalized spacial score (nSPS) is 19.1. The number of likely N-dealkylation sites (tertiary alicyclic amines) is 1. The maximum absolute atomic E-state index is 11.9. The minimum Gasteiger partial charge on any atom is -0.391 e. The summed E-state index contributed by atoms with van der Waals surface area (Å²) in [6.45, 7) is 1.07. The van der Waals surface area contributed by atoms with E-state index >= 15 is 0 Å². The van der Waals surface area contributed by atoms with Gasteiger partial charge in [0.1, 0.15) is 0 Å². The van der Waals surface area contributed by atoms with Crippen LogP contribution < -0.4 is 0 Å². The van der Waals surface area contributed by atoms with Gasteiger partial charge in [-0.05, 0) is 24.1 Å². The first-order valence-electron chi connectivity index (χ1n) is 5.64. The van der Waals surface area contributed by atoms with Gasteiger partial charge in [0, 0.05) is 13.1 Å². The van der Waals surface area contributed by atoms with Crippen molar-refractivity contribution in [3.63, 3.8) is 0 Å². The van der Waals surface area contributed by atoms with E-state index in [2.05, 4.69) is 0 Å². The molecule has 0 aliphatic carbocycles. The van der Waals surface area contributed by atoms with Crippen molar-refractivity contribution in [3.05, 3.63) is 35.4 Å². The predicted octanol–water partition coefficient (Wildman–Crippen LogP) is 0.694. The third kappa shape index (κ3) is 2.83. The Morgan fingerprint density at radius 3 is 2.71 bits per heavy atom. The van der Waals surface area contributed by atoms with E-state index < -0.39 is 0 Å². The van der Waals surface area contributed by atoms with E-state index in [9.17, 15) is 9.90 Å². The van der Waals surface area contributed by atoms with E-state index in [1.807, 2.05) is 6.07 Å². The first kappa shape index (κ1) is 11.6. The van der Waals surface area contributed by atoms with Crippen LogP contribution in [0.4, 0.5) is 0 Å². The molecule has 1 saturated heterocycles. The second-order valence-electron chi connectivity index (χ2n) is 4.27. The van der Waals surface area contributed by atoms with Crippen LogP contribution in [0.15, 0.2) is 24.3 Å². The van der Waals surface area contributed by atoms with Crippen molar-refractivity contribution in [2.45, 2.75) is 18.9 Å². The molecule has 1 aromatic rings. The maximum atomic E-state index is 11.9. The monoisotopic (exact) mass is 230 g/mol. The average Bonchev–Trinajstić information content (AvgIpc) is 2.77. The van der Waals surface area contributed by atoms with Gasteiger partial charge in [0.2, 0.25) is 5.91 Å². The zero-order valence-corrected chi connectivity index (χ0v) is 9.47. The van der Waals surface area contributed by atoms with Crippen LogP contribution >= 0.6 is 0 Å². The molecule has 4 nitrogen and oxygen atoms in total. The molecule has 1 atom stereocenters. The van der Waals surface area contributed by atoms with E-state index in [1.165, 1.54) is 0 Å². The summed E-state index contributed by atoms with van der Waals surface area (Å²) in [5.41, 5.74) is 1.49. The fourth-order valence-corrected chi connectivity index (χ4v) is 1.95. The number of amides is 1. The van der Waals surface area contributed by atoms with Crippen molar-refractivity contribution in [1.29, 1.82) is 5.26 Å². The highest BCUT2D eigenvalue weighted by Gasteiger charge is 2.24. The Balaban J connectivity index is 1.96. The number of aliphatic hydroxyl groups excluding tert-OH is 1. The van der Waals surface area contributed by atoms with Crippen LogP contribution in [-0.2, 0) is 11.2 Å². The van der Waals surface area contributed by atoms with Gasteiger partial charge in [-0.3, -0.25) is 4.79 Å². The molecule has 1 amide bonds. The van der Waals surface area contributed by atoms with Crippen LogP contribution in [0.3, 0.4) is 0 Å². The van der Waals surface area contributed by atoms with Crippen LogP contribution in [0, 0.1) is 11.3 Å². The Morgan fingerprint density at radius 1 is 1.47 bits per heavy atom. The molecular formula is C13H14N2O2. The minimum atomic E-state index is -0.375. The standard InChI is InChI=1S/C13H14N2O2/c14-8-11-3-1-10(2-4-11)7-13(17)15-6-5-12(16)9-15/h1-4,12,16H,5-7,9H2/t12-/m1/s1. The summed E-state index contributed by atoms with van der Waals surface area (Å²) < 4.78 is 0. The van der Waals surface area contributed by atoms with Crippen LogP contribution in [0.5, 0.6) is 0 Å². The average molecular weight is 230 g/mol. The van der Waals surface area contributed by atoms with Gasteiger partial charge >= 0.3 is 0 Å². The highest BCUT2D eigenvalue weighted by molar-refractivity contribution is 5.79. The molecule has 1 aromatic carbocycles. The summed E-state index contributed by atoms with van der Waals surface area (Å²) in [7, 11) is 0. The van der Waals surface area contributed by atoms with Crippen molar-refractivity contribution < 1.29 is 9.90 Å². The van der Waals surface area contributed by atoms with Crippen molar-refractivity contribution in [2.24, 2.45) is 0 Å². The van der Waals surface area contributed by atoms with Gasteiger partial charge < -0.3 is 10.0 Å². The van der Waals surface area contributed by atoms with Crippen LogP contribution in [0.1, 0.15) is 17.5 Å². The Hall–Kier alpha value is -1.86. The van der Waals surface area contributed by atoms with Crippen LogP contribution in [-0.4, -0.2) is 35.1 Å². The molecule has 17 heavy (non-hydrogen) atoms. The minimum absolute atomic E-state index is 0.0336. The number of aliphatic hydroxyl groups is 1. The summed E-state index contributed by atoms with van der Waals surface area (Å²) in [5.74, 6) is 0.0336. The fourth-order valence-electron chi connectivity index (χ4n) is 1.95. The third-order valence-corrected chi connectivity index (χ3v) is 2.95. The maximum Gasteiger partial charge on any atom is 0.227 e. The van der Waals surface area contributed by atoms with E-state index in [0.717, 1.165) is 5.56 Å². The summed E-state index contributed by atoms with van der Waals surface area (Å²) in [5, 5.41) is 18.0. The molecular weight excluding hydrogens is 216 g/mol. The molecule has 0 spiro atoms. The largest absolute Gasteiger partial charge is 0.391 e. The molecule has 4 heteroatoms. The molecule has 0 unspecified atom stereocenters. The summed E-state index contributed by atoms with van der Waals surface area (Å²) >= 11 is 0.